The van der Waals surface area contributed by atoms with E-state index in [0.29, 0.717) is 30.5 Å². The number of aromatic nitrogens is 1. The summed E-state index contributed by atoms with van der Waals surface area (Å²) in [6.07, 6.45) is 6.80. The van der Waals surface area contributed by atoms with Crippen LogP contribution in [0.2, 0.25) is 0 Å². The van der Waals surface area contributed by atoms with Gasteiger partial charge in [-0.1, -0.05) is 35.8 Å². The Balaban J connectivity index is 1.30. The van der Waals surface area contributed by atoms with Crippen molar-refractivity contribution in [1.82, 2.24) is 14.4 Å². The van der Waals surface area contributed by atoms with Crippen LogP contribution in [0.25, 0.3) is 0 Å². The largest absolute Gasteiger partial charge is 0.360 e. The van der Waals surface area contributed by atoms with Crippen molar-refractivity contribution in [3.8, 4) is 0 Å². The molecule has 2 saturated heterocycles. The number of nitrogens with zero attached hydrogens (tertiary/aromatic N) is 3. The first-order chi connectivity index (χ1) is 14.4. The Morgan fingerprint density at radius 1 is 0.967 bits per heavy atom. The topological polar surface area (TPSA) is 66.7 Å². The van der Waals surface area contributed by atoms with E-state index in [9.17, 15) is 8.42 Å². The number of sulfonamides is 1. The van der Waals surface area contributed by atoms with Gasteiger partial charge in [0.15, 0.2) is 5.76 Å². The molecule has 2 fully saturated rings. The van der Waals surface area contributed by atoms with Crippen molar-refractivity contribution in [1.29, 1.82) is 0 Å². The second-order valence-corrected chi connectivity index (χ2v) is 10.7. The molecule has 7 heteroatoms. The van der Waals surface area contributed by atoms with Crippen LogP contribution in [0.5, 0.6) is 0 Å². The summed E-state index contributed by atoms with van der Waals surface area (Å²) in [7, 11) is -3.52. The van der Waals surface area contributed by atoms with Crippen molar-refractivity contribution in [2.45, 2.75) is 63.8 Å². The Labute approximate surface area is 180 Å². The molecular formula is C23H33N3O3S. The molecule has 6 nitrogen and oxygen atoms in total. The van der Waals surface area contributed by atoms with Crippen LogP contribution >= 0.6 is 0 Å². The second-order valence-electron chi connectivity index (χ2n) is 8.86. The highest BCUT2D eigenvalue weighted by Crippen LogP contribution is 2.29. The third-order valence-electron chi connectivity index (χ3n) is 6.54. The van der Waals surface area contributed by atoms with Crippen molar-refractivity contribution in [3.63, 3.8) is 0 Å². The fourth-order valence-corrected chi connectivity index (χ4v) is 6.58. The number of rotatable bonds is 6. The van der Waals surface area contributed by atoms with Gasteiger partial charge >= 0.3 is 0 Å². The van der Waals surface area contributed by atoms with Crippen LogP contribution < -0.4 is 0 Å². The van der Waals surface area contributed by atoms with E-state index in [4.69, 9.17) is 4.52 Å². The van der Waals surface area contributed by atoms with Gasteiger partial charge in [0.1, 0.15) is 10.6 Å². The molecule has 0 bridgehead atoms. The first-order valence-electron chi connectivity index (χ1n) is 11.2. The molecule has 4 rings (SSSR count). The highest BCUT2D eigenvalue weighted by molar-refractivity contribution is 7.89. The predicted octanol–water partition coefficient (Wildman–Crippen LogP) is 3.92. The van der Waals surface area contributed by atoms with E-state index in [1.165, 1.54) is 43.5 Å². The summed E-state index contributed by atoms with van der Waals surface area (Å²) in [5, 5.41) is 3.81. The van der Waals surface area contributed by atoms with Crippen LogP contribution in [0.4, 0.5) is 0 Å². The number of benzene rings is 1. The molecule has 0 radical (unpaired) electrons. The van der Waals surface area contributed by atoms with Gasteiger partial charge in [-0.15, -0.1) is 0 Å². The molecule has 0 amide bonds. The van der Waals surface area contributed by atoms with Crippen molar-refractivity contribution in [3.05, 3.63) is 46.8 Å². The quantitative estimate of drug-likeness (QED) is 0.693. The van der Waals surface area contributed by atoms with Gasteiger partial charge < -0.3 is 4.52 Å². The van der Waals surface area contributed by atoms with E-state index in [0.717, 1.165) is 25.8 Å². The van der Waals surface area contributed by atoms with E-state index in [1.54, 1.807) is 18.2 Å². The third kappa shape index (κ3) is 4.79. The molecule has 2 aromatic rings. The zero-order valence-electron chi connectivity index (χ0n) is 18.1. The molecule has 1 aromatic carbocycles. The van der Waals surface area contributed by atoms with Crippen molar-refractivity contribution < 1.29 is 12.9 Å². The molecule has 0 spiro atoms. The van der Waals surface area contributed by atoms with Crippen LogP contribution in [-0.4, -0.2) is 49.0 Å². The Hall–Kier alpha value is -1.70. The van der Waals surface area contributed by atoms with Gasteiger partial charge in [0, 0.05) is 19.6 Å². The highest BCUT2D eigenvalue weighted by Gasteiger charge is 2.33. The molecule has 2 aliphatic rings. The first-order valence-corrected chi connectivity index (χ1v) is 12.6. The molecule has 0 saturated carbocycles. The minimum Gasteiger partial charge on any atom is -0.360 e. The third-order valence-corrected chi connectivity index (χ3v) is 8.69. The van der Waals surface area contributed by atoms with Crippen LogP contribution in [0.15, 0.2) is 33.7 Å². The molecule has 1 aromatic heterocycles. The lowest BCUT2D eigenvalue weighted by Crippen LogP contribution is -2.39. The summed E-state index contributed by atoms with van der Waals surface area (Å²) in [5.41, 5.74) is 3.18. The Kier molecular flexibility index (Phi) is 6.60. The molecule has 30 heavy (non-hydrogen) atoms. The zero-order chi connectivity index (χ0) is 21.1. The Bertz CT molecular complexity index is 919. The summed E-state index contributed by atoms with van der Waals surface area (Å²) >= 11 is 0. The molecule has 0 unspecified atom stereocenters. The van der Waals surface area contributed by atoms with E-state index < -0.39 is 10.0 Å². The maximum absolute atomic E-state index is 13.0. The molecular weight excluding hydrogens is 398 g/mol. The molecule has 0 aliphatic carbocycles. The predicted molar refractivity (Wildman–Crippen MR) is 117 cm³/mol. The monoisotopic (exact) mass is 431 g/mol. The molecule has 164 valence electrons. The minimum atomic E-state index is -3.52. The van der Waals surface area contributed by atoms with Crippen LogP contribution in [0, 0.1) is 19.8 Å². The maximum atomic E-state index is 13.0. The van der Waals surface area contributed by atoms with Gasteiger partial charge in [0.25, 0.3) is 0 Å². The van der Waals surface area contributed by atoms with Gasteiger partial charge in [0.2, 0.25) is 10.0 Å². The smallest absolute Gasteiger partial charge is 0.248 e. The zero-order valence-corrected chi connectivity index (χ0v) is 19.0. The molecule has 2 aliphatic heterocycles. The van der Waals surface area contributed by atoms with E-state index >= 15 is 0 Å². The standard InChI is InChI=1S/C23H33N3O3S/c1-18-23(19(2)29-24-18)30(27,28)26-14-10-21(11-15-26)16-20-6-8-22(9-7-20)17-25-12-4-3-5-13-25/h6-9,21H,3-5,10-17H2,1-2H3. The van der Waals surface area contributed by atoms with Crippen LogP contribution in [-0.2, 0) is 23.0 Å². The average molecular weight is 432 g/mol. The lowest BCUT2D eigenvalue weighted by Gasteiger charge is -2.31. The van der Waals surface area contributed by atoms with E-state index in [1.807, 2.05) is 0 Å². The summed E-state index contributed by atoms with van der Waals surface area (Å²) < 4.78 is 32.6. The summed E-state index contributed by atoms with van der Waals surface area (Å²) in [5.74, 6) is 0.897. The molecule has 3 heterocycles. The number of hydrogen-bond donors (Lipinski definition) is 0. The normalized spacial score (nSPS) is 19.9. The van der Waals surface area contributed by atoms with E-state index in [2.05, 4.69) is 34.3 Å². The van der Waals surface area contributed by atoms with Crippen LogP contribution in [0.1, 0.15) is 54.7 Å². The van der Waals surface area contributed by atoms with Crippen molar-refractivity contribution >= 4 is 10.0 Å². The number of piperidine rings is 2. The number of hydrogen-bond acceptors (Lipinski definition) is 5. The maximum Gasteiger partial charge on any atom is 0.248 e. The second kappa shape index (κ2) is 9.20. The molecule has 0 atom stereocenters. The van der Waals surface area contributed by atoms with Gasteiger partial charge in [0.05, 0.1) is 0 Å². The van der Waals surface area contributed by atoms with Crippen molar-refractivity contribution in [2.24, 2.45) is 5.92 Å². The van der Waals surface area contributed by atoms with Crippen molar-refractivity contribution in [2.75, 3.05) is 26.2 Å². The number of aryl methyl sites for hydroxylation is 2. The van der Waals surface area contributed by atoms with Crippen LogP contribution in [0.3, 0.4) is 0 Å². The summed E-state index contributed by atoms with van der Waals surface area (Å²) in [6.45, 7) is 7.96. The van der Waals surface area contributed by atoms with Gasteiger partial charge in [-0.3, -0.25) is 4.90 Å². The Morgan fingerprint density at radius 3 is 2.20 bits per heavy atom. The lowest BCUT2D eigenvalue weighted by atomic mass is 9.90. The SMILES string of the molecule is Cc1noc(C)c1S(=O)(=O)N1CCC(Cc2ccc(CN3CCCCC3)cc2)CC1. The van der Waals surface area contributed by atoms with Gasteiger partial charge in [-0.25, -0.2) is 8.42 Å². The fraction of sp³-hybridized carbons (Fsp3) is 0.609. The Morgan fingerprint density at radius 2 is 1.60 bits per heavy atom. The summed E-state index contributed by atoms with van der Waals surface area (Å²) in [6, 6.07) is 9.04. The average Bonchev–Trinajstić information content (AvgIpc) is 3.09. The summed E-state index contributed by atoms with van der Waals surface area (Å²) in [4.78, 5) is 2.79. The van der Waals surface area contributed by atoms with Gasteiger partial charge in [-0.05, 0) is 76.1 Å². The number of likely N-dealkylation sites (tertiary alicyclic amines) is 1. The van der Waals surface area contributed by atoms with Gasteiger partial charge in [-0.2, -0.15) is 4.31 Å². The minimum absolute atomic E-state index is 0.241. The highest BCUT2D eigenvalue weighted by atomic mass is 32.2. The lowest BCUT2D eigenvalue weighted by molar-refractivity contribution is 0.221. The fourth-order valence-electron chi connectivity index (χ4n) is 4.82. The molecule has 0 N–H and O–H groups in total. The first kappa shape index (κ1) is 21.5. The van der Waals surface area contributed by atoms with E-state index in [-0.39, 0.29) is 4.90 Å².